The Labute approximate surface area is 151 Å². The van der Waals surface area contributed by atoms with Crippen LogP contribution in [0.2, 0.25) is 0 Å². The van der Waals surface area contributed by atoms with Crippen LogP contribution in [-0.2, 0) is 11.2 Å². The third-order valence-electron chi connectivity index (χ3n) is 4.43. The van der Waals surface area contributed by atoms with Gasteiger partial charge in [-0.15, -0.1) is 5.10 Å². The zero-order valence-corrected chi connectivity index (χ0v) is 15.9. The number of carbonyl (C=O) groups excluding carboxylic acids is 1. The molecule has 2 heterocycles. The summed E-state index contributed by atoms with van der Waals surface area (Å²) in [5, 5.41) is 8.10. The highest BCUT2D eigenvalue weighted by atomic mass is 32.2. The van der Waals surface area contributed by atoms with Gasteiger partial charge in [0.25, 0.3) is 5.78 Å². The molecule has 0 bridgehead atoms. The van der Waals surface area contributed by atoms with Crippen LogP contribution in [-0.4, -0.2) is 31.7 Å². The molecule has 1 N–H and O–H groups in total. The van der Waals surface area contributed by atoms with Crippen LogP contribution in [0.25, 0.3) is 5.78 Å². The van der Waals surface area contributed by atoms with Gasteiger partial charge in [-0.2, -0.15) is 4.98 Å². The summed E-state index contributed by atoms with van der Waals surface area (Å²) < 4.78 is 1.71. The van der Waals surface area contributed by atoms with Crippen LogP contribution in [0.4, 0.5) is 5.69 Å². The normalized spacial score (nSPS) is 11.1. The molecule has 3 aromatic rings. The molecule has 1 amide bonds. The fraction of sp³-hybridized carbons (Fsp3) is 0.333. The maximum absolute atomic E-state index is 12.6. The molecular formula is C18H21N5OS. The largest absolute Gasteiger partial charge is 0.326 e. The fourth-order valence-corrected chi connectivity index (χ4v) is 3.11. The van der Waals surface area contributed by atoms with Crippen LogP contribution in [0.15, 0.2) is 23.4 Å². The Bertz CT molecular complexity index is 964. The maximum Gasteiger partial charge on any atom is 0.253 e. The van der Waals surface area contributed by atoms with E-state index in [2.05, 4.69) is 20.4 Å². The van der Waals surface area contributed by atoms with Crippen molar-refractivity contribution in [2.24, 2.45) is 0 Å². The third-order valence-corrected chi connectivity index (χ3v) is 4.97. The lowest BCUT2D eigenvalue weighted by Gasteiger charge is -2.13. The number of anilines is 1. The number of benzene rings is 1. The van der Waals surface area contributed by atoms with Gasteiger partial charge in [0.15, 0.2) is 0 Å². The van der Waals surface area contributed by atoms with Crippen molar-refractivity contribution in [1.29, 1.82) is 0 Å². The Kier molecular flexibility index (Phi) is 4.76. The van der Waals surface area contributed by atoms with Gasteiger partial charge >= 0.3 is 0 Å². The number of fused-ring (bicyclic) bond motifs is 1. The third kappa shape index (κ3) is 3.37. The monoisotopic (exact) mass is 355 g/mol. The van der Waals surface area contributed by atoms with E-state index in [-0.39, 0.29) is 12.3 Å². The SMILES string of the molecule is CSc1nc2nc(C)c(CC(=O)Nc3cccc(C)c3C)c(C)n2n1. The molecule has 0 radical (unpaired) electrons. The van der Waals surface area contributed by atoms with E-state index in [1.807, 2.05) is 52.1 Å². The number of rotatable bonds is 4. The van der Waals surface area contributed by atoms with Gasteiger partial charge in [-0.1, -0.05) is 23.9 Å². The van der Waals surface area contributed by atoms with E-state index in [9.17, 15) is 4.79 Å². The van der Waals surface area contributed by atoms with Gasteiger partial charge in [-0.25, -0.2) is 9.50 Å². The van der Waals surface area contributed by atoms with Crippen molar-refractivity contribution in [1.82, 2.24) is 19.6 Å². The maximum atomic E-state index is 12.6. The van der Waals surface area contributed by atoms with Crippen molar-refractivity contribution in [2.75, 3.05) is 11.6 Å². The number of hydrogen-bond acceptors (Lipinski definition) is 5. The van der Waals surface area contributed by atoms with Gasteiger partial charge < -0.3 is 5.32 Å². The number of carbonyl (C=O) groups is 1. The zero-order chi connectivity index (χ0) is 18.1. The van der Waals surface area contributed by atoms with Crippen LogP contribution in [0.5, 0.6) is 0 Å². The summed E-state index contributed by atoms with van der Waals surface area (Å²) in [6, 6.07) is 5.90. The second-order valence-corrected chi connectivity index (χ2v) is 6.82. The summed E-state index contributed by atoms with van der Waals surface area (Å²) in [4.78, 5) is 21.4. The molecule has 6 nitrogen and oxygen atoms in total. The molecule has 0 aliphatic carbocycles. The first-order valence-corrected chi connectivity index (χ1v) is 9.26. The van der Waals surface area contributed by atoms with E-state index in [4.69, 9.17) is 0 Å². The van der Waals surface area contributed by atoms with Crippen molar-refractivity contribution in [3.63, 3.8) is 0 Å². The minimum Gasteiger partial charge on any atom is -0.326 e. The highest BCUT2D eigenvalue weighted by Crippen LogP contribution is 2.20. The fourth-order valence-electron chi connectivity index (χ4n) is 2.77. The quantitative estimate of drug-likeness (QED) is 0.727. The minimum atomic E-state index is -0.0637. The molecule has 0 saturated heterocycles. The molecule has 2 aromatic heterocycles. The summed E-state index contributed by atoms with van der Waals surface area (Å²) in [6.45, 7) is 7.89. The van der Waals surface area contributed by atoms with Crippen LogP contribution in [0.1, 0.15) is 28.1 Å². The van der Waals surface area contributed by atoms with Crippen molar-refractivity contribution in [3.05, 3.63) is 46.3 Å². The van der Waals surface area contributed by atoms with Crippen molar-refractivity contribution in [2.45, 2.75) is 39.3 Å². The molecule has 0 fully saturated rings. The van der Waals surface area contributed by atoms with Gasteiger partial charge in [0.05, 0.1) is 6.42 Å². The molecule has 25 heavy (non-hydrogen) atoms. The lowest BCUT2D eigenvalue weighted by molar-refractivity contribution is -0.115. The molecule has 3 rings (SSSR count). The van der Waals surface area contributed by atoms with Crippen LogP contribution >= 0.6 is 11.8 Å². The second kappa shape index (κ2) is 6.84. The first-order chi connectivity index (χ1) is 11.9. The number of nitrogens with one attached hydrogen (secondary N) is 1. The lowest BCUT2D eigenvalue weighted by Crippen LogP contribution is -2.18. The number of amides is 1. The topological polar surface area (TPSA) is 72.2 Å². The molecule has 0 unspecified atom stereocenters. The Balaban J connectivity index is 1.89. The number of nitrogens with zero attached hydrogens (tertiary/aromatic N) is 4. The molecule has 7 heteroatoms. The summed E-state index contributed by atoms with van der Waals surface area (Å²) >= 11 is 1.47. The lowest BCUT2D eigenvalue weighted by atomic mass is 10.1. The average Bonchev–Trinajstić information content (AvgIpc) is 2.99. The van der Waals surface area contributed by atoms with E-state index in [0.29, 0.717) is 10.9 Å². The summed E-state index contributed by atoms with van der Waals surface area (Å²) in [7, 11) is 0. The predicted octanol–water partition coefficient (Wildman–Crippen LogP) is 3.26. The van der Waals surface area contributed by atoms with Gasteiger partial charge in [0, 0.05) is 22.6 Å². The number of aromatic nitrogens is 4. The summed E-state index contributed by atoms with van der Waals surface area (Å²) in [5.41, 5.74) is 5.67. The van der Waals surface area contributed by atoms with E-state index in [1.165, 1.54) is 11.8 Å². The number of aryl methyl sites for hydroxylation is 3. The molecule has 1 aromatic carbocycles. The Morgan fingerprint density at radius 3 is 2.68 bits per heavy atom. The zero-order valence-electron chi connectivity index (χ0n) is 15.0. The van der Waals surface area contributed by atoms with Crippen molar-refractivity contribution < 1.29 is 4.79 Å². The molecule has 0 atom stereocenters. The van der Waals surface area contributed by atoms with Crippen LogP contribution < -0.4 is 5.32 Å². The molecule has 0 saturated carbocycles. The van der Waals surface area contributed by atoms with Crippen LogP contribution in [0.3, 0.4) is 0 Å². The van der Waals surface area contributed by atoms with Gasteiger partial charge in [0.1, 0.15) is 0 Å². The van der Waals surface area contributed by atoms with Gasteiger partial charge in [0.2, 0.25) is 11.1 Å². The van der Waals surface area contributed by atoms with Crippen LogP contribution in [0, 0.1) is 27.7 Å². The molecule has 0 aliphatic heterocycles. The molecule has 130 valence electrons. The van der Waals surface area contributed by atoms with E-state index < -0.39 is 0 Å². The highest BCUT2D eigenvalue weighted by molar-refractivity contribution is 7.98. The van der Waals surface area contributed by atoms with Crippen molar-refractivity contribution in [3.8, 4) is 0 Å². The Hall–Kier alpha value is -2.41. The van der Waals surface area contributed by atoms with E-state index in [0.717, 1.165) is 33.8 Å². The Morgan fingerprint density at radius 2 is 1.96 bits per heavy atom. The second-order valence-electron chi connectivity index (χ2n) is 6.04. The Morgan fingerprint density at radius 1 is 1.20 bits per heavy atom. The minimum absolute atomic E-state index is 0.0637. The smallest absolute Gasteiger partial charge is 0.253 e. The van der Waals surface area contributed by atoms with E-state index in [1.54, 1.807) is 4.52 Å². The predicted molar refractivity (Wildman–Crippen MR) is 100 cm³/mol. The molecule has 0 aliphatic rings. The number of thioether (sulfide) groups is 1. The standard InChI is InChI=1S/C18H21N5OS/c1-10-7-6-8-15(11(10)2)20-16(24)9-14-12(3)19-17-21-18(25-5)22-23(17)13(14)4/h6-8H,9H2,1-5H3,(H,20,24). The van der Waals surface area contributed by atoms with E-state index >= 15 is 0 Å². The first kappa shape index (κ1) is 17.4. The first-order valence-electron chi connectivity index (χ1n) is 8.03. The summed E-state index contributed by atoms with van der Waals surface area (Å²) in [5.74, 6) is 0.504. The average molecular weight is 355 g/mol. The molecule has 0 spiro atoms. The molecular weight excluding hydrogens is 334 g/mol. The number of hydrogen-bond donors (Lipinski definition) is 1. The summed E-state index contributed by atoms with van der Waals surface area (Å²) in [6.07, 6.45) is 2.18. The van der Waals surface area contributed by atoms with Gasteiger partial charge in [-0.05, 0) is 51.1 Å². The van der Waals surface area contributed by atoms with Crippen molar-refractivity contribution >= 4 is 29.1 Å². The highest BCUT2D eigenvalue weighted by Gasteiger charge is 2.16. The van der Waals surface area contributed by atoms with Gasteiger partial charge in [-0.3, -0.25) is 4.79 Å².